The number of benzene rings is 2. The average Bonchev–Trinajstić information content (AvgIpc) is 2.36. The Morgan fingerprint density at radius 1 is 1.00 bits per heavy atom. The van der Waals surface area contributed by atoms with Crippen molar-refractivity contribution in [1.29, 1.82) is 0 Å². The standard InChI is InChI=1S/C14H8ClF3O2/c15-11-5-1-3-9(7-11)13(19)10-4-2-6-12(8-10)20-14(16,17)18/h1-8H. The number of carbonyl (C=O) groups excluding carboxylic acids is 1. The number of alkyl halides is 3. The molecule has 6 heteroatoms. The summed E-state index contributed by atoms with van der Waals surface area (Å²) < 4.78 is 40.2. The van der Waals surface area contributed by atoms with E-state index in [1.807, 2.05) is 0 Å². The Bertz CT molecular complexity index is 638. The van der Waals surface area contributed by atoms with Gasteiger partial charge in [0.25, 0.3) is 0 Å². The molecular weight excluding hydrogens is 293 g/mol. The van der Waals surface area contributed by atoms with Gasteiger partial charge < -0.3 is 4.74 Å². The van der Waals surface area contributed by atoms with Crippen molar-refractivity contribution in [3.63, 3.8) is 0 Å². The van der Waals surface area contributed by atoms with Crippen LogP contribution >= 0.6 is 11.6 Å². The van der Waals surface area contributed by atoms with E-state index in [4.69, 9.17) is 11.6 Å². The molecule has 0 spiro atoms. The van der Waals surface area contributed by atoms with Crippen LogP contribution in [0.2, 0.25) is 5.02 Å². The Kier molecular flexibility index (Phi) is 3.99. The molecule has 0 fully saturated rings. The van der Waals surface area contributed by atoms with Crippen molar-refractivity contribution in [2.24, 2.45) is 0 Å². The summed E-state index contributed by atoms with van der Waals surface area (Å²) in [7, 11) is 0. The molecule has 0 N–H and O–H groups in total. The minimum Gasteiger partial charge on any atom is -0.406 e. The Morgan fingerprint density at radius 3 is 2.20 bits per heavy atom. The van der Waals surface area contributed by atoms with Crippen molar-refractivity contribution in [2.45, 2.75) is 6.36 Å². The summed E-state index contributed by atoms with van der Waals surface area (Å²) in [4.78, 5) is 12.1. The van der Waals surface area contributed by atoms with Crippen LogP contribution in [0.5, 0.6) is 5.75 Å². The zero-order valence-corrected chi connectivity index (χ0v) is 10.7. The van der Waals surface area contributed by atoms with Gasteiger partial charge in [-0.2, -0.15) is 0 Å². The predicted octanol–water partition coefficient (Wildman–Crippen LogP) is 4.47. The van der Waals surface area contributed by atoms with E-state index < -0.39 is 17.9 Å². The lowest BCUT2D eigenvalue weighted by Gasteiger charge is -2.09. The van der Waals surface area contributed by atoms with Crippen LogP contribution < -0.4 is 4.74 Å². The van der Waals surface area contributed by atoms with Gasteiger partial charge in [-0.3, -0.25) is 4.79 Å². The summed E-state index contributed by atoms with van der Waals surface area (Å²) in [6, 6.07) is 11.1. The number of hydrogen-bond donors (Lipinski definition) is 0. The van der Waals surface area contributed by atoms with E-state index >= 15 is 0 Å². The van der Waals surface area contributed by atoms with Gasteiger partial charge >= 0.3 is 6.36 Å². The molecule has 0 heterocycles. The average molecular weight is 301 g/mol. The summed E-state index contributed by atoms with van der Waals surface area (Å²) in [6.07, 6.45) is -4.79. The largest absolute Gasteiger partial charge is 0.573 e. The van der Waals surface area contributed by atoms with Crippen molar-refractivity contribution in [2.75, 3.05) is 0 Å². The third kappa shape index (κ3) is 3.74. The van der Waals surface area contributed by atoms with E-state index in [0.717, 1.165) is 12.1 Å². The van der Waals surface area contributed by atoms with Crippen LogP contribution in [0.15, 0.2) is 48.5 Å². The Hall–Kier alpha value is -2.01. The molecule has 0 aliphatic heterocycles. The van der Waals surface area contributed by atoms with Crippen LogP contribution in [0.1, 0.15) is 15.9 Å². The first-order chi connectivity index (χ1) is 9.35. The number of ketones is 1. The van der Waals surface area contributed by atoms with E-state index in [1.54, 1.807) is 12.1 Å². The van der Waals surface area contributed by atoms with Gasteiger partial charge in [0.2, 0.25) is 0 Å². The summed E-state index contributed by atoms with van der Waals surface area (Å²) in [5, 5.41) is 0.374. The van der Waals surface area contributed by atoms with Gasteiger partial charge in [-0.05, 0) is 24.3 Å². The van der Waals surface area contributed by atoms with Crippen LogP contribution in [0.3, 0.4) is 0 Å². The van der Waals surface area contributed by atoms with E-state index in [9.17, 15) is 18.0 Å². The maximum Gasteiger partial charge on any atom is 0.573 e. The van der Waals surface area contributed by atoms with E-state index in [2.05, 4.69) is 4.74 Å². The lowest BCUT2D eigenvalue weighted by molar-refractivity contribution is -0.274. The molecule has 0 bridgehead atoms. The van der Waals surface area contributed by atoms with Crippen molar-refractivity contribution in [1.82, 2.24) is 0 Å². The number of rotatable bonds is 3. The van der Waals surface area contributed by atoms with Crippen molar-refractivity contribution < 1.29 is 22.7 Å². The van der Waals surface area contributed by atoms with Gasteiger partial charge in [-0.1, -0.05) is 35.9 Å². The Labute approximate surface area is 117 Å². The molecule has 0 saturated carbocycles. The number of hydrogen-bond acceptors (Lipinski definition) is 2. The maximum atomic E-state index is 12.1. The molecule has 0 aliphatic carbocycles. The topological polar surface area (TPSA) is 26.3 Å². The first-order valence-electron chi connectivity index (χ1n) is 5.51. The lowest BCUT2D eigenvalue weighted by Crippen LogP contribution is -2.17. The molecule has 20 heavy (non-hydrogen) atoms. The zero-order chi connectivity index (χ0) is 14.8. The van der Waals surface area contributed by atoms with Gasteiger partial charge in [-0.25, -0.2) is 0 Å². The molecule has 0 atom stereocenters. The zero-order valence-electron chi connectivity index (χ0n) is 9.95. The fourth-order valence-electron chi connectivity index (χ4n) is 1.63. The van der Waals surface area contributed by atoms with E-state index in [-0.39, 0.29) is 5.56 Å². The SMILES string of the molecule is O=C(c1cccc(Cl)c1)c1cccc(OC(F)(F)F)c1. The second-order valence-electron chi connectivity index (χ2n) is 3.92. The highest BCUT2D eigenvalue weighted by atomic mass is 35.5. The molecule has 2 aromatic carbocycles. The fraction of sp³-hybridized carbons (Fsp3) is 0.0714. The number of ether oxygens (including phenoxy) is 1. The van der Waals surface area contributed by atoms with Crippen molar-refractivity contribution >= 4 is 17.4 Å². The number of halogens is 4. The maximum absolute atomic E-state index is 12.1. The molecule has 104 valence electrons. The molecule has 0 amide bonds. The smallest absolute Gasteiger partial charge is 0.406 e. The van der Waals surface area contributed by atoms with Gasteiger partial charge in [-0.15, -0.1) is 13.2 Å². The highest BCUT2D eigenvalue weighted by Crippen LogP contribution is 2.24. The lowest BCUT2D eigenvalue weighted by atomic mass is 10.0. The van der Waals surface area contributed by atoms with Crippen LogP contribution in [-0.4, -0.2) is 12.1 Å². The second kappa shape index (κ2) is 5.54. The summed E-state index contributed by atoms with van der Waals surface area (Å²) >= 11 is 5.77. The van der Waals surface area contributed by atoms with Gasteiger partial charge in [0.05, 0.1) is 0 Å². The third-order valence-corrected chi connectivity index (χ3v) is 2.65. The van der Waals surface area contributed by atoms with Crippen molar-refractivity contribution in [3.8, 4) is 5.75 Å². The molecular formula is C14H8ClF3O2. The molecule has 2 rings (SSSR count). The molecule has 0 saturated heterocycles. The number of carbonyl (C=O) groups is 1. The second-order valence-corrected chi connectivity index (χ2v) is 4.35. The van der Waals surface area contributed by atoms with Crippen molar-refractivity contribution in [3.05, 3.63) is 64.7 Å². The van der Waals surface area contributed by atoms with E-state index in [0.29, 0.717) is 10.6 Å². The summed E-state index contributed by atoms with van der Waals surface area (Å²) in [6.45, 7) is 0. The first kappa shape index (κ1) is 14.4. The molecule has 0 radical (unpaired) electrons. The van der Waals surface area contributed by atoms with Gasteiger partial charge in [0, 0.05) is 16.1 Å². The van der Waals surface area contributed by atoms with Gasteiger partial charge in [0.1, 0.15) is 5.75 Å². The summed E-state index contributed by atoms with van der Waals surface area (Å²) in [5.41, 5.74) is 0.385. The van der Waals surface area contributed by atoms with Crippen LogP contribution in [0.4, 0.5) is 13.2 Å². The van der Waals surface area contributed by atoms with Crippen LogP contribution in [-0.2, 0) is 0 Å². The highest BCUT2D eigenvalue weighted by Gasteiger charge is 2.31. The Balaban J connectivity index is 2.29. The Morgan fingerprint density at radius 2 is 1.60 bits per heavy atom. The predicted molar refractivity (Wildman–Crippen MR) is 68.0 cm³/mol. The molecule has 0 aromatic heterocycles. The summed E-state index contributed by atoms with van der Waals surface area (Å²) in [5.74, 6) is -0.870. The highest BCUT2D eigenvalue weighted by molar-refractivity contribution is 6.31. The van der Waals surface area contributed by atoms with E-state index in [1.165, 1.54) is 24.3 Å². The monoisotopic (exact) mass is 300 g/mol. The third-order valence-electron chi connectivity index (χ3n) is 2.42. The quantitative estimate of drug-likeness (QED) is 0.782. The van der Waals surface area contributed by atoms with Crippen LogP contribution in [0, 0.1) is 0 Å². The normalized spacial score (nSPS) is 11.2. The molecule has 0 unspecified atom stereocenters. The molecule has 2 nitrogen and oxygen atoms in total. The molecule has 0 aliphatic rings. The van der Waals surface area contributed by atoms with Gasteiger partial charge in [0.15, 0.2) is 5.78 Å². The minimum absolute atomic E-state index is 0.0917. The first-order valence-corrected chi connectivity index (χ1v) is 5.89. The fourth-order valence-corrected chi connectivity index (χ4v) is 1.82. The minimum atomic E-state index is -4.79. The molecule has 2 aromatic rings. The van der Waals surface area contributed by atoms with Crippen LogP contribution in [0.25, 0.3) is 0 Å².